The van der Waals surface area contributed by atoms with Crippen molar-refractivity contribution in [3.05, 3.63) is 0 Å². The van der Waals surface area contributed by atoms with Crippen LogP contribution in [0.5, 0.6) is 0 Å². The largest absolute Gasteiger partial charge is 0.382 e. The summed E-state index contributed by atoms with van der Waals surface area (Å²) >= 11 is 6.07. The summed E-state index contributed by atoms with van der Waals surface area (Å²) in [6.45, 7) is 0.401. The van der Waals surface area contributed by atoms with E-state index in [1.807, 2.05) is 0 Å². The van der Waals surface area contributed by atoms with Gasteiger partial charge in [0.25, 0.3) is 0 Å². The summed E-state index contributed by atoms with van der Waals surface area (Å²) in [6.07, 6.45) is -1.14. The molecule has 1 heterocycles. The van der Waals surface area contributed by atoms with Crippen molar-refractivity contribution in [3.63, 3.8) is 0 Å². The number of ether oxygens (including phenoxy) is 5. The monoisotopic (exact) mass is 254 g/mol. The molecule has 0 unspecified atom stereocenters. The highest BCUT2D eigenvalue weighted by atomic mass is 35.5. The summed E-state index contributed by atoms with van der Waals surface area (Å²) in [5, 5.41) is 0. The molecule has 1 aliphatic rings. The summed E-state index contributed by atoms with van der Waals surface area (Å²) in [5.74, 6) is 0. The van der Waals surface area contributed by atoms with Gasteiger partial charge < -0.3 is 23.7 Å². The normalized spacial score (nSPS) is 39.9. The zero-order chi connectivity index (χ0) is 12.1. The highest BCUT2D eigenvalue weighted by Gasteiger charge is 2.46. The van der Waals surface area contributed by atoms with Gasteiger partial charge in [0.1, 0.15) is 24.4 Å². The van der Waals surface area contributed by atoms with E-state index < -0.39 is 5.56 Å². The molecule has 6 heteroatoms. The third-order valence-electron chi connectivity index (χ3n) is 2.72. The Morgan fingerprint density at radius 2 is 1.50 bits per heavy atom. The van der Waals surface area contributed by atoms with Gasteiger partial charge in [0.2, 0.25) is 0 Å². The van der Waals surface area contributed by atoms with Gasteiger partial charge in [0.05, 0.1) is 6.61 Å². The summed E-state index contributed by atoms with van der Waals surface area (Å²) in [6, 6.07) is 0. The lowest BCUT2D eigenvalue weighted by Crippen LogP contribution is -2.59. The maximum Gasteiger partial charge on any atom is 0.160 e. The van der Waals surface area contributed by atoms with Gasteiger partial charge in [-0.1, -0.05) is 11.6 Å². The number of halogens is 1. The van der Waals surface area contributed by atoms with Gasteiger partial charge in [-0.15, -0.1) is 0 Å². The van der Waals surface area contributed by atoms with Crippen LogP contribution >= 0.6 is 11.6 Å². The predicted octanol–water partition coefficient (Wildman–Crippen LogP) is 0.641. The highest BCUT2D eigenvalue weighted by molar-refractivity contribution is 6.20. The Bertz CT molecular complexity index is 204. The fourth-order valence-corrected chi connectivity index (χ4v) is 2.34. The third-order valence-corrected chi connectivity index (χ3v) is 3.08. The number of methoxy groups -OCH3 is 4. The van der Waals surface area contributed by atoms with Crippen LogP contribution in [-0.2, 0) is 23.7 Å². The van der Waals surface area contributed by atoms with E-state index in [9.17, 15) is 0 Å². The molecule has 1 rings (SSSR count). The van der Waals surface area contributed by atoms with E-state index in [1.165, 1.54) is 0 Å². The minimum Gasteiger partial charge on any atom is -0.382 e. The second kappa shape index (κ2) is 6.74. The van der Waals surface area contributed by atoms with Gasteiger partial charge in [0, 0.05) is 28.4 Å². The van der Waals surface area contributed by atoms with Crippen molar-refractivity contribution in [1.82, 2.24) is 0 Å². The quantitative estimate of drug-likeness (QED) is 0.674. The molecule has 96 valence electrons. The van der Waals surface area contributed by atoms with Gasteiger partial charge in [-0.3, -0.25) is 0 Å². The van der Waals surface area contributed by atoms with E-state index in [1.54, 1.807) is 28.4 Å². The Hall–Kier alpha value is 0.0900. The first kappa shape index (κ1) is 14.2. The number of hydrogen-bond acceptors (Lipinski definition) is 5. The minimum absolute atomic E-state index is 0.256. The van der Waals surface area contributed by atoms with E-state index in [4.69, 9.17) is 35.3 Å². The predicted molar refractivity (Wildman–Crippen MR) is 58.8 cm³/mol. The molecule has 0 aromatic carbocycles. The van der Waals surface area contributed by atoms with Gasteiger partial charge >= 0.3 is 0 Å². The van der Waals surface area contributed by atoms with Crippen LogP contribution in [0.25, 0.3) is 0 Å². The molecule has 0 radical (unpaired) electrons. The molecule has 0 aromatic rings. The Kier molecular flexibility index (Phi) is 5.96. The fourth-order valence-electron chi connectivity index (χ4n) is 1.96. The maximum absolute atomic E-state index is 6.07. The molecule has 5 atom stereocenters. The Balaban J connectivity index is 2.78. The molecule has 16 heavy (non-hydrogen) atoms. The summed E-state index contributed by atoms with van der Waals surface area (Å²) in [7, 11) is 6.37. The zero-order valence-corrected chi connectivity index (χ0v) is 10.8. The maximum atomic E-state index is 6.07. The first-order chi connectivity index (χ1) is 7.69. The molecular weight excluding hydrogens is 236 g/mol. The molecule has 0 amide bonds. The van der Waals surface area contributed by atoms with Crippen molar-refractivity contribution in [2.24, 2.45) is 0 Å². The average Bonchev–Trinajstić information content (AvgIpc) is 2.28. The van der Waals surface area contributed by atoms with Crippen LogP contribution in [0.4, 0.5) is 0 Å². The van der Waals surface area contributed by atoms with E-state index in [-0.39, 0.29) is 24.4 Å². The van der Waals surface area contributed by atoms with Gasteiger partial charge in [0.15, 0.2) is 5.56 Å². The first-order valence-corrected chi connectivity index (χ1v) is 5.50. The van der Waals surface area contributed by atoms with Gasteiger partial charge in [-0.25, -0.2) is 0 Å². The third kappa shape index (κ3) is 2.85. The van der Waals surface area contributed by atoms with Crippen LogP contribution in [0.1, 0.15) is 0 Å². The van der Waals surface area contributed by atoms with E-state index >= 15 is 0 Å². The molecule has 1 fully saturated rings. The second-order valence-electron chi connectivity index (χ2n) is 3.58. The fraction of sp³-hybridized carbons (Fsp3) is 1.00. The Morgan fingerprint density at radius 3 is 1.94 bits per heavy atom. The Morgan fingerprint density at radius 1 is 0.938 bits per heavy atom. The molecule has 1 saturated heterocycles. The molecule has 0 aromatic heterocycles. The molecule has 1 aliphatic heterocycles. The van der Waals surface area contributed by atoms with Crippen molar-refractivity contribution in [3.8, 4) is 0 Å². The van der Waals surface area contributed by atoms with E-state index in [0.717, 1.165) is 0 Å². The first-order valence-electron chi connectivity index (χ1n) is 5.06. The molecular formula is C10H19ClO5. The lowest BCUT2D eigenvalue weighted by molar-refractivity contribution is -0.230. The van der Waals surface area contributed by atoms with Crippen molar-refractivity contribution in [1.29, 1.82) is 0 Å². The van der Waals surface area contributed by atoms with Crippen LogP contribution < -0.4 is 0 Å². The molecule has 0 saturated carbocycles. The number of rotatable bonds is 5. The summed E-state index contributed by atoms with van der Waals surface area (Å²) < 4.78 is 26.6. The van der Waals surface area contributed by atoms with Crippen molar-refractivity contribution >= 4 is 11.6 Å². The standard InChI is InChI=1S/C10H19ClO5/c1-12-5-6-7(13-2)8(14-3)9(15-4)10(11)16-6/h6-10H,5H2,1-4H3/t6-,7-,8+,9+,10+/m1/s1. The van der Waals surface area contributed by atoms with Crippen molar-refractivity contribution < 1.29 is 23.7 Å². The second-order valence-corrected chi connectivity index (χ2v) is 4.01. The SMILES string of the molecule is COC[C@H]1O[C@H](Cl)[C@@H](OC)[C@@H](OC)[C@@H]1OC. The van der Waals surface area contributed by atoms with Crippen LogP contribution in [-0.4, -0.2) is 65.0 Å². The van der Waals surface area contributed by atoms with Gasteiger partial charge in [-0.05, 0) is 0 Å². The average molecular weight is 255 g/mol. The molecule has 0 N–H and O–H groups in total. The molecule has 0 bridgehead atoms. The topological polar surface area (TPSA) is 46.2 Å². The number of hydrogen-bond donors (Lipinski definition) is 0. The van der Waals surface area contributed by atoms with Crippen LogP contribution in [0.2, 0.25) is 0 Å². The highest BCUT2D eigenvalue weighted by Crippen LogP contribution is 2.28. The minimum atomic E-state index is -0.568. The lowest BCUT2D eigenvalue weighted by atomic mass is 9.99. The van der Waals surface area contributed by atoms with Crippen LogP contribution in [0.3, 0.4) is 0 Å². The van der Waals surface area contributed by atoms with Crippen LogP contribution in [0.15, 0.2) is 0 Å². The molecule has 0 aliphatic carbocycles. The van der Waals surface area contributed by atoms with Gasteiger partial charge in [-0.2, -0.15) is 0 Å². The number of alkyl halides is 1. The van der Waals surface area contributed by atoms with Crippen molar-refractivity contribution in [2.75, 3.05) is 35.0 Å². The Labute approximate surface area is 101 Å². The van der Waals surface area contributed by atoms with E-state index in [0.29, 0.717) is 6.61 Å². The zero-order valence-electron chi connectivity index (χ0n) is 10.0. The summed E-state index contributed by atoms with van der Waals surface area (Å²) in [5.41, 5.74) is -0.568. The van der Waals surface area contributed by atoms with Crippen molar-refractivity contribution in [2.45, 2.75) is 30.0 Å². The van der Waals surface area contributed by atoms with E-state index in [2.05, 4.69) is 0 Å². The summed E-state index contributed by atoms with van der Waals surface area (Å²) in [4.78, 5) is 0. The smallest absolute Gasteiger partial charge is 0.160 e. The molecule has 0 spiro atoms. The lowest BCUT2D eigenvalue weighted by Gasteiger charge is -2.42. The van der Waals surface area contributed by atoms with Crippen LogP contribution in [0, 0.1) is 0 Å². The molecule has 5 nitrogen and oxygen atoms in total.